The summed E-state index contributed by atoms with van der Waals surface area (Å²) in [6, 6.07) is 8.42. The highest BCUT2D eigenvalue weighted by atomic mass is 19.1. The summed E-state index contributed by atoms with van der Waals surface area (Å²) in [5, 5.41) is 5.50. The van der Waals surface area contributed by atoms with Crippen LogP contribution in [0.5, 0.6) is 23.0 Å². The predicted molar refractivity (Wildman–Crippen MR) is 132 cm³/mol. The van der Waals surface area contributed by atoms with E-state index in [1.807, 2.05) is 0 Å². The molecular weight excluding hydrogens is 465 g/mol. The molecule has 36 heavy (non-hydrogen) atoms. The van der Waals surface area contributed by atoms with Crippen molar-refractivity contribution in [2.45, 2.75) is 32.1 Å². The molecule has 9 heteroatoms. The number of pyridine rings is 1. The van der Waals surface area contributed by atoms with Crippen LogP contribution in [0.2, 0.25) is 0 Å². The number of carbonyl (C=O) groups is 2. The number of benzene rings is 2. The number of urea groups is 1. The normalized spacial score (nSPS) is 20.2. The summed E-state index contributed by atoms with van der Waals surface area (Å²) in [6.07, 6.45) is 6.63. The Hall–Kier alpha value is -3.88. The molecule has 0 saturated heterocycles. The Morgan fingerprint density at radius 1 is 0.944 bits per heavy atom. The van der Waals surface area contributed by atoms with Gasteiger partial charge in [0.1, 0.15) is 5.75 Å². The van der Waals surface area contributed by atoms with Crippen LogP contribution in [-0.4, -0.2) is 31.1 Å². The second-order valence-corrected chi connectivity index (χ2v) is 9.33. The molecule has 2 bridgehead atoms. The lowest BCUT2D eigenvalue weighted by molar-refractivity contribution is -0.121. The molecule has 0 radical (unpaired) electrons. The van der Waals surface area contributed by atoms with E-state index in [-0.39, 0.29) is 17.3 Å². The van der Waals surface area contributed by atoms with E-state index in [9.17, 15) is 14.0 Å². The summed E-state index contributed by atoms with van der Waals surface area (Å²) >= 11 is 0. The zero-order valence-corrected chi connectivity index (χ0v) is 20.2. The molecule has 3 aromatic rings. The second kappa shape index (κ2) is 10.0. The number of nitrogens with zero attached hydrogens (tertiary/aromatic N) is 1. The number of amides is 3. The van der Waals surface area contributed by atoms with E-state index in [2.05, 4.69) is 15.6 Å². The molecule has 0 unspecified atom stereocenters. The number of ether oxygens (including phenoxy) is 3. The molecular formula is C27H28FN3O5. The van der Waals surface area contributed by atoms with Crippen LogP contribution in [0.25, 0.3) is 10.9 Å². The van der Waals surface area contributed by atoms with Gasteiger partial charge in [0, 0.05) is 35.8 Å². The van der Waals surface area contributed by atoms with Crippen molar-refractivity contribution in [2.75, 3.05) is 19.5 Å². The molecule has 5 rings (SSSR count). The Balaban J connectivity index is 1.24. The molecule has 2 aliphatic carbocycles. The predicted octanol–water partition coefficient (Wildman–Crippen LogP) is 5.66. The number of hydrogen-bond acceptors (Lipinski definition) is 6. The van der Waals surface area contributed by atoms with E-state index in [4.69, 9.17) is 14.2 Å². The quantitative estimate of drug-likeness (QED) is 0.441. The van der Waals surface area contributed by atoms with Crippen LogP contribution >= 0.6 is 0 Å². The highest BCUT2D eigenvalue weighted by molar-refractivity contribution is 6.01. The van der Waals surface area contributed by atoms with Gasteiger partial charge in [-0.1, -0.05) is 0 Å². The van der Waals surface area contributed by atoms with Crippen molar-refractivity contribution in [2.24, 2.45) is 17.8 Å². The van der Waals surface area contributed by atoms with E-state index in [0.717, 1.165) is 6.07 Å². The van der Waals surface area contributed by atoms with Gasteiger partial charge in [0.15, 0.2) is 23.1 Å². The SMILES string of the molecule is COc1cc2nccc(Oc3ccc(NC(=O)NC(=O)CC4C5CCC4CC5)cc3F)c2cc1OC. The molecule has 0 atom stereocenters. The summed E-state index contributed by atoms with van der Waals surface area (Å²) in [5.41, 5.74) is 0.799. The molecule has 188 valence electrons. The van der Waals surface area contributed by atoms with Gasteiger partial charge in [0.2, 0.25) is 5.91 Å². The first-order valence-corrected chi connectivity index (χ1v) is 12.0. The lowest BCUT2D eigenvalue weighted by Gasteiger charge is -2.15. The van der Waals surface area contributed by atoms with Crippen molar-refractivity contribution in [1.29, 1.82) is 0 Å². The fourth-order valence-electron chi connectivity index (χ4n) is 5.59. The van der Waals surface area contributed by atoms with E-state index < -0.39 is 11.8 Å². The number of carbonyl (C=O) groups excluding carboxylic acids is 2. The number of rotatable bonds is 7. The Morgan fingerprint density at radius 3 is 2.31 bits per heavy atom. The van der Waals surface area contributed by atoms with Gasteiger partial charge in [-0.05, 0) is 67.7 Å². The maximum atomic E-state index is 14.9. The van der Waals surface area contributed by atoms with Crippen LogP contribution < -0.4 is 24.8 Å². The van der Waals surface area contributed by atoms with Crippen LogP contribution in [0.1, 0.15) is 32.1 Å². The topological polar surface area (TPSA) is 98.8 Å². The summed E-state index contributed by atoms with van der Waals surface area (Å²) in [6.45, 7) is 0. The van der Waals surface area contributed by atoms with Gasteiger partial charge < -0.3 is 19.5 Å². The summed E-state index contributed by atoms with van der Waals surface area (Å²) in [4.78, 5) is 29.0. The monoisotopic (exact) mass is 493 g/mol. The Morgan fingerprint density at radius 2 is 1.64 bits per heavy atom. The summed E-state index contributed by atoms with van der Waals surface area (Å²) < 4.78 is 31.3. The molecule has 2 saturated carbocycles. The fourth-order valence-corrected chi connectivity index (χ4v) is 5.59. The van der Waals surface area contributed by atoms with Crippen LogP contribution in [0.15, 0.2) is 42.6 Å². The highest BCUT2D eigenvalue weighted by Crippen LogP contribution is 2.50. The average Bonchev–Trinajstić information content (AvgIpc) is 3.43. The molecule has 0 spiro atoms. The number of halogens is 1. The number of nitrogens with one attached hydrogen (secondary N) is 2. The number of hydrogen-bond donors (Lipinski definition) is 2. The van der Waals surface area contributed by atoms with Gasteiger partial charge in [-0.3, -0.25) is 15.1 Å². The molecule has 2 aromatic carbocycles. The third kappa shape index (κ3) is 4.78. The molecule has 8 nitrogen and oxygen atoms in total. The lowest BCUT2D eigenvalue weighted by atomic mass is 9.94. The largest absolute Gasteiger partial charge is 0.493 e. The standard InChI is InChI=1S/C27H28FN3O5/c1-34-24-12-19-21(14-25(24)35-2)29-10-9-22(19)36-23-8-7-17(11-20(23)28)30-27(33)31-26(32)13-18-15-3-4-16(18)6-5-15/h7-12,14-16,18H,3-6,13H2,1-2H3,(H2,30,31,32,33). The number of methoxy groups -OCH3 is 2. The molecule has 2 N–H and O–H groups in total. The van der Waals surface area contributed by atoms with Gasteiger partial charge in [0.05, 0.1) is 19.7 Å². The maximum absolute atomic E-state index is 14.9. The molecule has 3 amide bonds. The summed E-state index contributed by atoms with van der Waals surface area (Å²) in [7, 11) is 3.05. The maximum Gasteiger partial charge on any atom is 0.325 e. The first-order chi connectivity index (χ1) is 17.4. The van der Waals surface area contributed by atoms with E-state index >= 15 is 0 Å². The van der Waals surface area contributed by atoms with Crippen LogP contribution in [0, 0.1) is 23.6 Å². The van der Waals surface area contributed by atoms with E-state index in [1.165, 1.54) is 52.0 Å². The number of fused-ring (bicyclic) bond motifs is 3. The van der Waals surface area contributed by atoms with E-state index in [0.29, 0.717) is 52.3 Å². The minimum absolute atomic E-state index is 0.0315. The summed E-state index contributed by atoms with van der Waals surface area (Å²) in [5.74, 6) is 1.96. The number of aromatic nitrogens is 1. The molecule has 0 aliphatic heterocycles. The first kappa shape index (κ1) is 23.8. The van der Waals surface area contributed by atoms with Crippen molar-refractivity contribution in [1.82, 2.24) is 10.3 Å². The minimum Gasteiger partial charge on any atom is -0.493 e. The smallest absolute Gasteiger partial charge is 0.325 e. The molecule has 2 aliphatic rings. The first-order valence-electron chi connectivity index (χ1n) is 12.0. The molecule has 1 heterocycles. The number of imide groups is 1. The zero-order valence-electron chi connectivity index (χ0n) is 20.2. The Kier molecular flexibility index (Phi) is 6.63. The second-order valence-electron chi connectivity index (χ2n) is 9.33. The van der Waals surface area contributed by atoms with Crippen LogP contribution in [0.4, 0.5) is 14.9 Å². The fraction of sp³-hybridized carbons (Fsp3) is 0.370. The van der Waals surface area contributed by atoms with Crippen molar-refractivity contribution < 1.29 is 28.2 Å². The third-order valence-electron chi connectivity index (χ3n) is 7.32. The minimum atomic E-state index is -0.681. The van der Waals surface area contributed by atoms with Crippen LogP contribution in [0.3, 0.4) is 0 Å². The highest BCUT2D eigenvalue weighted by Gasteiger charge is 2.42. The third-order valence-corrected chi connectivity index (χ3v) is 7.32. The van der Waals surface area contributed by atoms with Gasteiger partial charge in [0.25, 0.3) is 0 Å². The van der Waals surface area contributed by atoms with Crippen molar-refractivity contribution >= 4 is 28.5 Å². The van der Waals surface area contributed by atoms with Gasteiger partial charge in [-0.15, -0.1) is 0 Å². The van der Waals surface area contributed by atoms with Gasteiger partial charge >= 0.3 is 6.03 Å². The van der Waals surface area contributed by atoms with Crippen molar-refractivity contribution in [3.8, 4) is 23.0 Å². The Bertz CT molecular complexity index is 1290. The van der Waals surface area contributed by atoms with E-state index in [1.54, 1.807) is 24.4 Å². The van der Waals surface area contributed by atoms with Gasteiger partial charge in [-0.2, -0.15) is 0 Å². The number of anilines is 1. The van der Waals surface area contributed by atoms with Crippen molar-refractivity contribution in [3.63, 3.8) is 0 Å². The molecule has 2 fully saturated rings. The van der Waals surface area contributed by atoms with Crippen molar-refractivity contribution in [3.05, 3.63) is 48.4 Å². The Labute approximate surface area is 208 Å². The van der Waals surface area contributed by atoms with Gasteiger partial charge in [-0.25, -0.2) is 9.18 Å². The zero-order chi connectivity index (χ0) is 25.2. The van der Waals surface area contributed by atoms with Crippen LogP contribution in [-0.2, 0) is 4.79 Å². The average molecular weight is 494 g/mol. The lowest BCUT2D eigenvalue weighted by Crippen LogP contribution is -2.35. The molecule has 1 aromatic heterocycles.